The molecular weight excluding hydrogens is 244 g/mol. The maximum Gasteiger partial charge on any atom is 0.319 e. The minimum absolute atomic E-state index is 0.00361. The molecule has 1 aliphatic heterocycles. The van der Waals surface area contributed by atoms with Crippen LogP contribution in [0.5, 0.6) is 0 Å². The highest BCUT2D eigenvalue weighted by atomic mass is 16.2. The first-order chi connectivity index (χ1) is 9.00. The van der Waals surface area contributed by atoms with E-state index in [1.807, 2.05) is 4.90 Å². The van der Waals surface area contributed by atoms with Gasteiger partial charge < -0.3 is 20.4 Å². The van der Waals surface area contributed by atoms with Gasteiger partial charge in [-0.3, -0.25) is 4.79 Å². The van der Waals surface area contributed by atoms with E-state index in [4.69, 9.17) is 5.73 Å². The number of urea groups is 1. The SMILES string of the molecule is CN(C)C(=O)N1CCN(C(=O)C2CCCC2N)CC1. The number of carbonyl (C=O) groups is 2. The van der Waals surface area contributed by atoms with Gasteiger partial charge in [-0.2, -0.15) is 0 Å². The van der Waals surface area contributed by atoms with Crippen molar-refractivity contribution in [1.82, 2.24) is 14.7 Å². The van der Waals surface area contributed by atoms with Crippen LogP contribution in [0.1, 0.15) is 19.3 Å². The third-order valence-electron chi connectivity index (χ3n) is 4.13. The van der Waals surface area contributed by atoms with E-state index < -0.39 is 0 Å². The minimum Gasteiger partial charge on any atom is -0.339 e. The van der Waals surface area contributed by atoms with Gasteiger partial charge in [0.1, 0.15) is 0 Å². The first kappa shape index (κ1) is 14.1. The molecule has 6 nitrogen and oxygen atoms in total. The zero-order valence-electron chi connectivity index (χ0n) is 11.8. The van der Waals surface area contributed by atoms with Crippen LogP contribution in [0.25, 0.3) is 0 Å². The zero-order chi connectivity index (χ0) is 14.0. The second-order valence-electron chi connectivity index (χ2n) is 5.69. The molecule has 108 valence electrons. The van der Waals surface area contributed by atoms with E-state index in [-0.39, 0.29) is 23.9 Å². The number of rotatable bonds is 1. The fourth-order valence-electron chi connectivity index (χ4n) is 2.93. The van der Waals surface area contributed by atoms with Crippen molar-refractivity contribution in [2.24, 2.45) is 11.7 Å². The summed E-state index contributed by atoms with van der Waals surface area (Å²) in [5, 5.41) is 0. The van der Waals surface area contributed by atoms with Crippen molar-refractivity contribution in [3.8, 4) is 0 Å². The second kappa shape index (κ2) is 5.77. The summed E-state index contributed by atoms with van der Waals surface area (Å²) in [5.41, 5.74) is 5.98. The third-order valence-corrected chi connectivity index (χ3v) is 4.13. The lowest BCUT2D eigenvalue weighted by Crippen LogP contribution is -2.54. The monoisotopic (exact) mass is 268 g/mol. The average Bonchev–Trinajstić information content (AvgIpc) is 2.83. The van der Waals surface area contributed by atoms with E-state index in [0.29, 0.717) is 26.2 Å². The lowest BCUT2D eigenvalue weighted by Gasteiger charge is -2.37. The Morgan fingerprint density at radius 1 is 1.05 bits per heavy atom. The van der Waals surface area contributed by atoms with Crippen LogP contribution in [0.4, 0.5) is 4.79 Å². The lowest BCUT2D eigenvalue weighted by molar-refractivity contribution is -0.137. The molecule has 2 aliphatic rings. The highest BCUT2D eigenvalue weighted by molar-refractivity contribution is 5.80. The quantitative estimate of drug-likeness (QED) is 0.724. The Morgan fingerprint density at radius 2 is 1.63 bits per heavy atom. The van der Waals surface area contributed by atoms with Crippen LogP contribution < -0.4 is 5.73 Å². The molecule has 0 aromatic rings. The Hall–Kier alpha value is -1.30. The lowest BCUT2D eigenvalue weighted by atomic mass is 10.0. The summed E-state index contributed by atoms with van der Waals surface area (Å²) in [6.07, 6.45) is 2.92. The van der Waals surface area contributed by atoms with Crippen molar-refractivity contribution in [2.75, 3.05) is 40.3 Å². The smallest absolute Gasteiger partial charge is 0.319 e. The topological polar surface area (TPSA) is 69.9 Å². The number of hydrogen-bond acceptors (Lipinski definition) is 3. The van der Waals surface area contributed by atoms with Gasteiger partial charge in [0.05, 0.1) is 5.92 Å². The van der Waals surface area contributed by atoms with Crippen LogP contribution in [-0.2, 0) is 4.79 Å². The third kappa shape index (κ3) is 3.00. The van der Waals surface area contributed by atoms with Crippen molar-refractivity contribution in [3.63, 3.8) is 0 Å². The van der Waals surface area contributed by atoms with Crippen LogP contribution in [0.2, 0.25) is 0 Å². The molecule has 1 heterocycles. The standard InChI is InChI=1S/C13H24N4O2/c1-15(2)13(19)17-8-6-16(7-9-17)12(18)10-4-3-5-11(10)14/h10-11H,3-9,14H2,1-2H3. The Balaban J connectivity index is 1.86. The van der Waals surface area contributed by atoms with Gasteiger partial charge in [0.2, 0.25) is 5.91 Å². The van der Waals surface area contributed by atoms with Crippen molar-refractivity contribution in [2.45, 2.75) is 25.3 Å². The summed E-state index contributed by atoms with van der Waals surface area (Å²) in [5.74, 6) is 0.179. The largest absolute Gasteiger partial charge is 0.339 e. The summed E-state index contributed by atoms with van der Waals surface area (Å²) in [6, 6.07) is 0.0404. The van der Waals surface area contributed by atoms with Crippen molar-refractivity contribution >= 4 is 11.9 Å². The number of nitrogens with zero attached hydrogens (tertiary/aromatic N) is 3. The first-order valence-electron chi connectivity index (χ1n) is 7.01. The Morgan fingerprint density at radius 3 is 2.11 bits per heavy atom. The van der Waals surface area contributed by atoms with Crippen LogP contribution >= 0.6 is 0 Å². The molecule has 2 fully saturated rings. The molecule has 2 atom stereocenters. The fourth-order valence-corrected chi connectivity index (χ4v) is 2.93. The van der Waals surface area contributed by atoms with Crippen molar-refractivity contribution in [1.29, 1.82) is 0 Å². The van der Waals surface area contributed by atoms with Gasteiger partial charge in [-0.25, -0.2) is 4.79 Å². The molecule has 2 rings (SSSR count). The predicted octanol–water partition coefficient (Wildman–Crippen LogP) is -0.0604. The Bertz CT molecular complexity index is 351. The van der Waals surface area contributed by atoms with Gasteiger partial charge in [0.25, 0.3) is 0 Å². The minimum atomic E-state index is -0.00361. The molecule has 0 radical (unpaired) electrons. The van der Waals surface area contributed by atoms with Crippen LogP contribution in [0, 0.1) is 5.92 Å². The molecule has 6 heteroatoms. The van der Waals surface area contributed by atoms with Crippen LogP contribution in [0.3, 0.4) is 0 Å². The summed E-state index contributed by atoms with van der Waals surface area (Å²) < 4.78 is 0. The van der Waals surface area contributed by atoms with E-state index in [2.05, 4.69) is 0 Å². The maximum absolute atomic E-state index is 12.4. The summed E-state index contributed by atoms with van der Waals surface area (Å²) in [4.78, 5) is 29.4. The number of nitrogens with two attached hydrogens (primary N) is 1. The normalized spacial score (nSPS) is 27.5. The van der Waals surface area contributed by atoms with Gasteiger partial charge >= 0.3 is 6.03 Å². The predicted molar refractivity (Wildman–Crippen MR) is 72.6 cm³/mol. The Kier molecular flexibility index (Phi) is 4.29. The number of amides is 3. The molecule has 2 unspecified atom stereocenters. The Labute approximate surface area is 114 Å². The summed E-state index contributed by atoms with van der Waals surface area (Å²) >= 11 is 0. The highest BCUT2D eigenvalue weighted by Gasteiger charge is 2.35. The molecular formula is C13H24N4O2. The second-order valence-corrected chi connectivity index (χ2v) is 5.69. The molecule has 3 amide bonds. The highest BCUT2D eigenvalue weighted by Crippen LogP contribution is 2.26. The van der Waals surface area contributed by atoms with Crippen LogP contribution in [-0.4, -0.2) is 73.0 Å². The first-order valence-corrected chi connectivity index (χ1v) is 7.01. The number of piperazine rings is 1. The van der Waals surface area contributed by atoms with Crippen molar-refractivity contribution in [3.05, 3.63) is 0 Å². The number of carbonyl (C=O) groups excluding carboxylic acids is 2. The van der Waals surface area contributed by atoms with Gasteiger partial charge in [-0.1, -0.05) is 6.42 Å². The zero-order valence-corrected chi connectivity index (χ0v) is 11.8. The molecule has 1 saturated carbocycles. The number of hydrogen-bond donors (Lipinski definition) is 1. The van der Waals surface area contributed by atoms with Gasteiger partial charge in [-0.05, 0) is 12.8 Å². The van der Waals surface area contributed by atoms with Gasteiger partial charge in [0, 0.05) is 46.3 Å². The molecule has 0 spiro atoms. The van der Waals surface area contributed by atoms with E-state index in [1.54, 1.807) is 23.9 Å². The molecule has 2 N–H and O–H groups in total. The van der Waals surface area contributed by atoms with Gasteiger partial charge in [-0.15, -0.1) is 0 Å². The maximum atomic E-state index is 12.4. The summed E-state index contributed by atoms with van der Waals surface area (Å²) in [6.45, 7) is 2.48. The van der Waals surface area contributed by atoms with E-state index >= 15 is 0 Å². The molecule has 0 bridgehead atoms. The van der Waals surface area contributed by atoms with E-state index in [9.17, 15) is 9.59 Å². The molecule has 0 aromatic heterocycles. The fraction of sp³-hybridized carbons (Fsp3) is 0.846. The van der Waals surface area contributed by atoms with E-state index in [0.717, 1.165) is 19.3 Å². The molecule has 19 heavy (non-hydrogen) atoms. The van der Waals surface area contributed by atoms with E-state index in [1.165, 1.54) is 0 Å². The van der Waals surface area contributed by atoms with Crippen molar-refractivity contribution < 1.29 is 9.59 Å². The summed E-state index contributed by atoms with van der Waals surface area (Å²) in [7, 11) is 3.49. The average molecular weight is 268 g/mol. The molecule has 1 saturated heterocycles. The molecule has 1 aliphatic carbocycles. The molecule has 0 aromatic carbocycles. The van der Waals surface area contributed by atoms with Crippen LogP contribution in [0.15, 0.2) is 0 Å². The van der Waals surface area contributed by atoms with Gasteiger partial charge in [0.15, 0.2) is 0 Å².